The van der Waals surface area contributed by atoms with Gasteiger partial charge in [0, 0.05) is 24.1 Å². The number of halogens is 4. The summed E-state index contributed by atoms with van der Waals surface area (Å²) in [5.41, 5.74) is 1.12. The second-order valence-corrected chi connectivity index (χ2v) is 11.4. The monoisotopic (exact) mass is 566 g/mol. The van der Waals surface area contributed by atoms with Gasteiger partial charge in [-0.15, -0.1) is 16.7 Å². The van der Waals surface area contributed by atoms with Gasteiger partial charge in [0.05, 0.1) is 34.5 Å². The van der Waals surface area contributed by atoms with Crippen LogP contribution >= 0.6 is 11.6 Å². The zero-order valence-electron chi connectivity index (χ0n) is 19.9. The molecule has 5 rings (SSSR count). The van der Waals surface area contributed by atoms with Crippen molar-refractivity contribution in [3.63, 3.8) is 0 Å². The van der Waals surface area contributed by atoms with Gasteiger partial charge in [0.25, 0.3) is 15.6 Å². The van der Waals surface area contributed by atoms with Crippen LogP contribution in [0, 0.1) is 11.8 Å². The first-order chi connectivity index (χ1) is 18.0. The predicted molar refractivity (Wildman–Crippen MR) is 136 cm³/mol. The van der Waals surface area contributed by atoms with Crippen molar-refractivity contribution >= 4 is 44.0 Å². The Hall–Kier alpha value is -3.38. The van der Waals surface area contributed by atoms with E-state index in [9.17, 15) is 26.4 Å². The number of anilines is 1. The summed E-state index contributed by atoms with van der Waals surface area (Å²) < 4.78 is 74.1. The standard InChI is InChI=1S/C25H22ClF3N4O4S/c1-37-22-12-18(15-9-16(10-15)25(27,28)29)19(26)13-21(22)33-20-6-5-17(11-14(20)4-7-24(33)34)38(35,36)32-23-3-2-8-30-31-23/h2-8,11-12,15-16,19H,9-10,13H2,1H3,(H,31,32). The van der Waals surface area contributed by atoms with Gasteiger partial charge in [-0.05, 0) is 66.8 Å². The van der Waals surface area contributed by atoms with Crippen LogP contribution in [0.3, 0.4) is 0 Å². The fraction of sp³-hybridized carbons (Fsp3) is 0.320. The summed E-state index contributed by atoms with van der Waals surface area (Å²) in [6, 6.07) is 10.1. The molecule has 0 spiro atoms. The van der Waals surface area contributed by atoms with Crippen LogP contribution in [0.15, 0.2) is 75.8 Å². The van der Waals surface area contributed by atoms with Crippen molar-refractivity contribution < 1.29 is 26.3 Å². The van der Waals surface area contributed by atoms with Crippen LogP contribution in [0.5, 0.6) is 0 Å². The molecule has 0 saturated heterocycles. The van der Waals surface area contributed by atoms with E-state index < -0.39 is 33.1 Å². The summed E-state index contributed by atoms with van der Waals surface area (Å²) in [6.07, 6.45) is -1.10. The molecular formula is C25H22ClF3N4O4S. The van der Waals surface area contributed by atoms with E-state index >= 15 is 0 Å². The van der Waals surface area contributed by atoms with Gasteiger partial charge >= 0.3 is 6.18 Å². The molecule has 1 unspecified atom stereocenters. The molecule has 13 heteroatoms. The molecule has 8 nitrogen and oxygen atoms in total. The molecule has 2 aromatic heterocycles. The van der Waals surface area contributed by atoms with Crippen LogP contribution in [0.25, 0.3) is 16.6 Å². The number of allylic oxidation sites excluding steroid dienone is 3. The SMILES string of the molecule is COC1=C(n2c(=O)ccc3cc(S(=O)(=O)Nc4cccnn4)ccc32)CC(Cl)C(C2CC(C(F)(F)F)C2)=C1. The molecule has 1 aromatic carbocycles. The number of ether oxygens (including phenoxy) is 1. The van der Waals surface area contributed by atoms with Crippen molar-refractivity contribution in [3.8, 4) is 0 Å². The maximum absolute atomic E-state index is 13.0. The molecule has 0 amide bonds. The van der Waals surface area contributed by atoms with Crippen molar-refractivity contribution in [2.24, 2.45) is 11.8 Å². The highest BCUT2D eigenvalue weighted by Gasteiger charge is 2.49. The third-order valence-corrected chi connectivity index (χ3v) is 8.62. The molecule has 1 N–H and O–H groups in total. The Balaban J connectivity index is 1.52. The second-order valence-electron chi connectivity index (χ2n) is 9.18. The fourth-order valence-corrected chi connectivity index (χ4v) is 6.26. The number of pyridine rings is 1. The van der Waals surface area contributed by atoms with Crippen molar-refractivity contribution in [1.82, 2.24) is 14.8 Å². The lowest BCUT2D eigenvalue weighted by Gasteiger charge is -2.40. The lowest BCUT2D eigenvalue weighted by molar-refractivity contribution is -0.201. The maximum atomic E-state index is 13.0. The highest BCUT2D eigenvalue weighted by molar-refractivity contribution is 7.92. The molecule has 1 saturated carbocycles. The Kier molecular flexibility index (Phi) is 6.72. The molecular weight excluding hydrogens is 545 g/mol. The zero-order chi connectivity index (χ0) is 27.2. The van der Waals surface area contributed by atoms with Gasteiger partial charge < -0.3 is 4.74 Å². The molecule has 2 heterocycles. The van der Waals surface area contributed by atoms with E-state index in [1.807, 2.05) is 0 Å². The van der Waals surface area contributed by atoms with Crippen molar-refractivity contribution in [1.29, 1.82) is 0 Å². The summed E-state index contributed by atoms with van der Waals surface area (Å²) in [5.74, 6) is -1.28. The highest BCUT2D eigenvalue weighted by atomic mass is 35.5. The van der Waals surface area contributed by atoms with Gasteiger partial charge in [0.2, 0.25) is 0 Å². The molecule has 2 aliphatic rings. The predicted octanol–water partition coefficient (Wildman–Crippen LogP) is 4.93. The summed E-state index contributed by atoms with van der Waals surface area (Å²) >= 11 is 6.63. The van der Waals surface area contributed by atoms with E-state index in [1.54, 1.807) is 12.1 Å². The first-order valence-corrected chi connectivity index (χ1v) is 13.6. The average molecular weight is 567 g/mol. The number of hydrogen-bond donors (Lipinski definition) is 1. The summed E-state index contributed by atoms with van der Waals surface area (Å²) in [5, 5.41) is 7.21. The number of benzene rings is 1. The Labute approximate surface area is 220 Å². The van der Waals surface area contributed by atoms with E-state index in [-0.39, 0.29) is 35.9 Å². The van der Waals surface area contributed by atoms with E-state index in [1.165, 1.54) is 54.3 Å². The van der Waals surface area contributed by atoms with Crippen LogP contribution in [0.2, 0.25) is 0 Å². The first-order valence-electron chi connectivity index (χ1n) is 11.6. The van der Waals surface area contributed by atoms with Gasteiger partial charge in [-0.3, -0.25) is 14.1 Å². The number of nitrogens with one attached hydrogen (secondary N) is 1. The summed E-state index contributed by atoms with van der Waals surface area (Å²) in [4.78, 5) is 12.9. The lowest BCUT2D eigenvalue weighted by Crippen LogP contribution is -2.38. The van der Waals surface area contributed by atoms with Crippen molar-refractivity contribution in [2.75, 3.05) is 11.8 Å². The molecule has 0 aliphatic heterocycles. The van der Waals surface area contributed by atoms with Crippen molar-refractivity contribution in [3.05, 3.63) is 76.4 Å². The number of sulfonamides is 1. The van der Waals surface area contributed by atoms with Crippen LogP contribution in [0.4, 0.5) is 19.0 Å². The summed E-state index contributed by atoms with van der Waals surface area (Å²) in [7, 11) is -2.58. The van der Waals surface area contributed by atoms with Crippen LogP contribution in [-0.4, -0.2) is 41.8 Å². The van der Waals surface area contributed by atoms with Crippen molar-refractivity contribution in [2.45, 2.75) is 35.7 Å². The number of methoxy groups -OCH3 is 1. The van der Waals surface area contributed by atoms with Gasteiger partial charge in [-0.1, -0.05) is 0 Å². The molecule has 1 fully saturated rings. The number of nitrogens with zero attached hydrogens (tertiary/aromatic N) is 3. The molecule has 3 aromatic rings. The second kappa shape index (κ2) is 9.73. The summed E-state index contributed by atoms with van der Waals surface area (Å²) in [6.45, 7) is 0. The Morgan fingerprint density at radius 2 is 1.92 bits per heavy atom. The molecule has 0 radical (unpaired) electrons. The van der Waals surface area contributed by atoms with E-state index in [0.29, 0.717) is 27.9 Å². The first kappa shape index (κ1) is 26.2. The molecule has 2 aliphatic carbocycles. The van der Waals surface area contributed by atoms with Crippen LogP contribution in [0.1, 0.15) is 19.3 Å². The molecule has 38 heavy (non-hydrogen) atoms. The quantitative estimate of drug-likeness (QED) is 0.424. The van der Waals surface area contributed by atoms with E-state index in [4.69, 9.17) is 16.3 Å². The maximum Gasteiger partial charge on any atom is 0.391 e. The van der Waals surface area contributed by atoms with Gasteiger partial charge in [-0.2, -0.15) is 18.3 Å². The largest absolute Gasteiger partial charge is 0.495 e. The van der Waals surface area contributed by atoms with Gasteiger partial charge in [-0.25, -0.2) is 8.42 Å². The number of fused-ring (bicyclic) bond motifs is 1. The molecule has 0 bridgehead atoms. The topological polar surface area (TPSA) is 103 Å². The molecule has 200 valence electrons. The van der Waals surface area contributed by atoms with E-state index in [2.05, 4.69) is 14.9 Å². The Morgan fingerprint density at radius 1 is 1.16 bits per heavy atom. The normalized spacial score (nSPS) is 22.1. The minimum atomic E-state index is -4.23. The lowest BCUT2D eigenvalue weighted by atomic mass is 9.69. The minimum Gasteiger partial charge on any atom is -0.495 e. The number of alkyl halides is 4. The van der Waals surface area contributed by atoms with E-state index in [0.717, 1.165) is 0 Å². The zero-order valence-corrected chi connectivity index (χ0v) is 21.5. The fourth-order valence-electron chi connectivity index (χ4n) is 4.84. The van der Waals surface area contributed by atoms with Gasteiger partial charge in [0.15, 0.2) is 5.82 Å². The number of aromatic nitrogens is 3. The molecule has 1 atom stereocenters. The number of rotatable bonds is 6. The highest BCUT2D eigenvalue weighted by Crippen LogP contribution is 2.50. The van der Waals surface area contributed by atoms with Crippen LogP contribution < -0.4 is 10.3 Å². The Morgan fingerprint density at radius 3 is 2.58 bits per heavy atom. The van der Waals surface area contributed by atoms with Gasteiger partial charge in [0.1, 0.15) is 5.76 Å². The van der Waals surface area contributed by atoms with Crippen LogP contribution in [-0.2, 0) is 14.8 Å². The third kappa shape index (κ3) is 4.90. The Bertz CT molecular complexity index is 1620. The number of hydrogen-bond acceptors (Lipinski definition) is 6. The third-order valence-electron chi connectivity index (χ3n) is 6.87. The minimum absolute atomic E-state index is 0.0288. The smallest absolute Gasteiger partial charge is 0.391 e. The average Bonchev–Trinajstić information content (AvgIpc) is 2.83.